The first kappa shape index (κ1) is 11.8. The van der Waals surface area contributed by atoms with Crippen LogP contribution in [-0.4, -0.2) is 10.6 Å². The fourth-order valence-electron chi connectivity index (χ4n) is 0.895. The van der Waals surface area contributed by atoms with Crippen LogP contribution in [0.5, 0.6) is 0 Å². The second-order valence-electron chi connectivity index (χ2n) is 3.32. The molecule has 1 aromatic rings. The number of nitriles is 2. The van der Waals surface area contributed by atoms with Crippen molar-refractivity contribution in [1.82, 2.24) is 0 Å². The fraction of sp³-hybridized carbons (Fsp3) is 0.273. The number of benzene rings is 1. The van der Waals surface area contributed by atoms with Crippen LogP contribution in [0.3, 0.4) is 0 Å². The van der Waals surface area contributed by atoms with Gasteiger partial charge in [-0.25, -0.2) is 0 Å². The van der Waals surface area contributed by atoms with Crippen LogP contribution in [0.2, 0.25) is 0 Å². The van der Waals surface area contributed by atoms with E-state index in [9.17, 15) is 0 Å². The highest BCUT2D eigenvalue weighted by molar-refractivity contribution is 5.38. The van der Waals surface area contributed by atoms with Crippen LogP contribution in [0.25, 0.3) is 0 Å². The third kappa shape index (κ3) is 2.88. The summed E-state index contributed by atoms with van der Waals surface area (Å²) in [6.45, 7) is 1.35. The minimum atomic E-state index is -1.45. The Balaban J connectivity index is 2.86. The summed E-state index contributed by atoms with van der Waals surface area (Å²) in [5.74, 6) is 0. The summed E-state index contributed by atoms with van der Waals surface area (Å²) in [4.78, 5) is 0. The summed E-state index contributed by atoms with van der Waals surface area (Å²) in [6, 6.07) is 10.2. The van der Waals surface area contributed by atoms with Gasteiger partial charge >= 0.3 is 0 Å². The maximum absolute atomic E-state index is 8.82. The lowest BCUT2D eigenvalue weighted by Crippen LogP contribution is -2.14. The molecule has 1 rings (SSSR count). The number of aliphatic hydroxyl groups is 1. The first-order valence-electron chi connectivity index (χ1n) is 4.59. The van der Waals surface area contributed by atoms with E-state index in [4.69, 9.17) is 15.6 Å². The molecule has 0 amide bonds. The lowest BCUT2D eigenvalue weighted by molar-refractivity contribution is 0.282. The summed E-state index contributed by atoms with van der Waals surface area (Å²) >= 11 is 0. The molecule has 0 saturated heterocycles. The third-order valence-corrected chi connectivity index (χ3v) is 1.92. The van der Waals surface area contributed by atoms with Crippen molar-refractivity contribution in [2.45, 2.75) is 19.1 Å². The van der Waals surface area contributed by atoms with Crippen molar-refractivity contribution in [1.29, 1.82) is 10.5 Å². The third-order valence-electron chi connectivity index (χ3n) is 1.92. The number of hydrogen-bond acceptors (Lipinski definition) is 5. The van der Waals surface area contributed by atoms with Crippen LogP contribution in [0, 0.1) is 22.7 Å². The molecule has 0 saturated carbocycles. The van der Waals surface area contributed by atoms with E-state index in [0.717, 1.165) is 5.56 Å². The molecule has 5 nitrogen and oxygen atoms in total. The minimum absolute atomic E-state index is 0.0362. The largest absolute Gasteiger partial charge is 0.392 e. The first-order valence-corrected chi connectivity index (χ1v) is 4.59. The van der Waals surface area contributed by atoms with Crippen molar-refractivity contribution < 1.29 is 5.11 Å². The molecule has 0 aliphatic carbocycles. The Kier molecular flexibility index (Phi) is 3.71. The highest BCUT2D eigenvalue weighted by atomic mass is 16.3. The van der Waals surface area contributed by atoms with Gasteiger partial charge in [0.2, 0.25) is 5.54 Å². The average Bonchev–Trinajstić information content (AvgIpc) is 2.36. The maximum Gasteiger partial charge on any atom is 0.249 e. The molecule has 0 atom stereocenters. The molecule has 5 heteroatoms. The zero-order valence-corrected chi connectivity index (χ0v) is 8.75. The first-order chi connectivity index (χ1) is 7.63. The van der Waals surface area contributed by atoms with Crippen LogP contribution >= 0.6 is 0 Å². The van der Waals surface area contributed by atoms with Crippen LogP contribution < -0.4 is 0 Å². The minimum Gasteiger partial charge on any atom is -0.392 e. The smallest absolute Gasteiger partial charge is 0.249 e. The van der Waals surface area contributed by atoms with E-state index < -0.39 is 5.54 Å². The molecular formula is C11H10N4O. The van der Waals surface area contributed by atoms with Crippen molar-refractivity contribution in [3.8, 4) is 12.1 Å². The van der Waals surface area contributed by atoms with Crippen molar-refractivity contribution in [2.75, 3.05) is 0 Å². The Labute approximate surface area is 93.3 Å². The predicted molar refractivity (Wildman–Crippen MR) is 56.5 cm³/mol. The number of hydrogen-bond donors (Lipinski definition) is 1. The van der Waals surface area contributed by atoms with Gasteiger partial charge in [0, 0.05) is 0 Å². The van der Waals surface area contributed by atoms with E-state index in [1.54, 1.807) is 36.4 Å². The monoisotopic (exact) mass is 214 g/mol. The van der Waals surface area contributed by atoms with Gasteiger partial charge in [0.25, 0.3) is 0 Å². The predicted octanol–water partition coefficient (Wildman–Crippen LogP) is 2.07. The van der Waals surface area contributed by atoms with Crippen LogP contribution in [0.15, 0.2) is 34.5 Å². The lowest BCUT2D eigenvalue weighted by atomic mass is 10.1. The second kappa shape index (κ2) is 5.01. The summed E-state index contributed by atoms with van der Waals surface area (Å²) < 4.78 is 0. The van der Waals surface area contributed by atoms with Gasteiger partial charge in [-0.15, -0.1) is 0 Å². The Morgan fingerprint density at radius 2 is 1.81 bits per heavy atom. The molecule has 0 fully saturated rings. The average molecular weight is 214 g/mol. The van der Waals surface area contributed by atoms with Crippen LogP contribution in [0.1, 0.15) is 12.5 Å². The summed E-state index contributed by atoms with van der Waals surface area (Å²) in [6.07, 6.45) is 0. The molecule has 0 spiro atoms. The lowest BCUT2D eigenvalue weighted by Gasteiger charge is -2.02. The van der Waals surface area contributed by atoms with Gasteiger partial charge in [-0.3, -0.25) is 0 Å². The SMILES string of the molecule is CC(C#N)(C#N)N=Nc1ccc(CO)cc1. The van der Waals surface area contributed by atoms with Crippen LogP contribution in [-0.2, 0) is 6.61 Å². The van der Waals surface area contributed by atoms with Gasteiger partial charge in [0.1, 0.15) is 12.1 Å². The van der Waals surface area contributed by atoms with E-state index in [2.05, 4.69) is 10.2 Å². The molecule has 0 aliphatic rings. The molecule has 0 aromatic heterocycles. The highest BCUT2D eigenvalue weighted by Crippen LogP contribution is 2.17. The molecule has 1 N–H and O–H groups in total. The van der Waals surface area contributed by atoms with Crippen molar-refractivity contribution in [2.24, 2.45) is 10.2 Å². The Morgan fingerprint density at radius 1 is 1.25 bits per heavy atom. The van der Waals surface area contributed by atoms with E-state index in [1.165, 1.54) is 6.92 Å². The van der Waals surface area contributed by atoms with Crippen molar-refractivity contribution >= 4 is 5.69 Å². The second-order valence-corrected chi connectivity index (χ2v) is 3.32. The molecule has 0 radical (unpaired) electrons. The zero-order chi connectivity index (χ0) is 12.0. The molecule has 0 unspecified atom stereocenters. The van der Waals surface area contributed by atoms with Gasteiger partial charge in [0.15, 0.2) is 0 Å². The Hall–Kier alpha value is -2.24. The quantitative estimate of drug-likeness (QED) is 0.780. The topological polar surface area (TPSA) is 92.5 Å². The van der Waals surface area contributed by atoms with E-state index in [-0.39, 0.29) is 6.61 Å². The van der Waals surface area contributed by atoms with Crippen molar-refractivity contribution in [3.63, 3.8) is 0 Å². The number of nitrogens with zero attached hydrogens (tertiary/aromatic N) is 4. The molecule has 16 heavy (non-hydrogen) atoms. The Bertz CT molecular complexity index is 450. The van der Waals surface area contributed by atoms with Crippen molar-refractivity contribution in [3.05, 3.63) is 29.8 Å². The normalized spacial score (nSPS) is 11.0. The number of rotatable bonds is 3. The molecule has 0 aliphatic heterocycles. The summed E-state index contributed by atoms with van der Waals surface area (Å²) in [5.41, 5.74) is -0.147. The number of aliphatic hydroxyl groups excluding tert-OH is 1. The number of azo groups is 1. The molecule has 0 heterocycles. The van der Waals surface area contributed by atoms with Crippen LogP contribution in [0.4, 0.5) is 5.69 Å². The van der Waals surface area contributed by atoms with E-state index in [0.29, 0.717) is 5.69 Å². The standard InChI is InChI=1S/C11H10N4O/c1-11(7-12,8-13)15-14-10-4-2-9(6-16)3-5-10/h2-5,16H,6H2,1H3. The van der Waals surface area contributed by atoms with Gasteiger partial charge in [-0.2, -0.15) is 20.8 Å². The van der Waals surface area contributed by atoms with Gasteiger partial charge in [-0.05, 0) is 24.6 Å². The van der Waals surface area contributed by atoms with E-state index >= 15 is 0 Å². The van der Waals surface area contributed by atoms with E-state index in [1.807, 2.05) is 0 Å². The zero-order valence-electron chi connectivity index (χ0n) is 8.75. The Morgan fingerprint density at radius 3 is 2.25 bits per heavy atom. The summed E-state index contributed by atoms with van der Waals surface area (Å²) in [7, 11) is 0. The summed E-state index contributed by atoms with van der Waals surface area (Å²) in [5, 5.41) is 33.6. The fourth-order valence-corrected chi connectivity index (χ4v) is 0.895. The van der Waals surface area contributed by atoms with Gasteiger partial charge in [0.05, 0.1) is 12.3 Å². The molecular weight excluding hydrogens is 204 g/mol. The molecule has 80 valence electrons. The van der Waals surface area contributed by atoms with Gasteiger partial charge < -0.3 is 5.11 Å². The molecule has 0 bridgehead atoms. The van der Waals surface area contributed by atoms with Gasteiger partial charge in [-0.1, -0.05) is 12.1 Å². The highest BCUT2D eigenvalue weighted by Gasteiger charge is 2.21. The molecule has 1 aromatic carbocycles. The maximum atomic E-state index is 8.82.